The van der Waals surface area contributed by atoms with Gasteiger partial charge in [0, 0.05) is 24.7 Å². The topological polar surface area (TPSA) is 122 Å². The first-order chi connectivity index (χ1) is 13.6. The first-order valence-corrected chi connectivity index (χ1v) is 10.3. The van der Waals surface area contributed by atoms with Gasteiger partial charge in [0.1, 0.15) is 6.33 Å². The van der Waals surface area contributed by atoms with Crippen molar-refractivity contribution in [2.75, 3.05) is 30.8 Å². The molecule has 12 heteroatoms. The Morgan fingerprint density at radius 2 is 2.14 bits per heavy atom. The lowest BCUT2D eigenvalue weighted by atomic mass is 9.97. The molecule has 2 N–H and O–H groups in total. The number of nitrogens with one attached hydrogen (secondary N) is 2. The number of hydrogen-bond acceptors (Lipinski definition) is 9. The van der Waals surface area contributed by atoms with Crippen LogP contribution in [0.3, 0.4) is 0 Å². The Hall–Kier alpha value is -2.86. The minimum atomic E-state index is -0.294. The van der Waals surface area contributed by atoms with E-state index in [4.69, 9.17) is 4.74 Å². The van der Waals surface area contributed by atoms with Crippen LogP contribution in [0.15, 0.2) is 17.9 Å². The average molecular weight is 419 g/mol. The number of methoxy groups -OCH3 is 1. The van der Waals surface area contributed by atoms with E-state index in [1.54, 1.807) is 16.5 Å². The van der Waals surface area contributed by atoms with E-state index in [1.165, 1.54) is 36.1 Å². The van der Waals surface area contributed by atoms with Gasteiger partial charge in [-0.2, -0.15) is 4.98 Å². The molecule has 3 amide bonds. The Balaban J connectivity index is 1.41. The van der Waals surface area contributed by atoms with E-state index in [9.17, 15) is 9.59 Å². The van der Waals surface area contributed by atoms with E-state index in [2.05, 4.69) is 30.6 Å². The molecule has 4 rings (SSSR count). The van der Waals surface area contributed by atoms with Crippen LogP contribution in [0.4, 0.5) is 15.1 Å². The number of anilines is 2. The smallest absolute Gasteiger partial charge is 0.323 e. The number of nitrogens with zero attached hydrogens (tertiary/aromatic N) is 5. The van der Waals surface area contributed by atoms with Crippen molar-refractivity contribution < 1.29 is 14.3 Å². The van der Waals surface area contributed by atoms with Crippen LogP contribution in [0, 0.1) is 5.92 Å². The van der Waals surface area contributed by atoms with Gasteiger partial charge in [-0.15, -0.1) is 11.3 Å². The lowest BCUT2D eigenvalue weighted by molar-refractivity contribution is -0.121. The summed E-state index contributed by atoms with van der Waals surface area (Å²) in [5.41, 5.74) is 0.504. The van der Waals surface area contributed by atoms with Crippen LogP contribution < -0.4 is 15.4 Å². The fourth-order valence-electron chi connectivity index (χ4n) is 2.98. The van der Waals surface area contributed by atoms with Crippen molar-refractivity contribution in [2.45, 2.75) is 12.8 Å². The molecule has 1 aliphatic heterocycles. The van der Waals surface area contributed by atoms with Gasteiger partial charge in [0.2, 0.25) is 11.8 Å². The zero-order valence-corrected chi connectivity index (χ0v) is 16.5. The van der Waals surface area contributed by atoms with Crippen molar-refractivity contribution in [2.24, 2.45) is 5.92 Å². The minimum Gasteiger partial charge on any atom is -0.479 e. The number of aromatic nitrogens is 4. The quantitative estimate of drug-likeness (QED) is 0.666. The molecule has 10 nitrogen and oxygen atoms in total. The highest BCUT2D eigenvalue weighted by Crippen LogP contribution is 2.29. The number of fused-ring (bicyclic) bond motifs is 1. The molecule has 3 aromatic heterocycles. The molecule has 1 fully saturated rings. The van der Waals surface area contributed by atoms with Crippen LogP contribution in [0.1, 0.15) is 12.8 Å². The van der Waals surface area contributed by atoms with E-state index < -0.39 is 0 Å². The zero-order chi connectivity index (χ0) is 19.5. The fraction of sp³-hybridized carbons (Fsp3) is 0.375. The van der Waals surface area contributed by atoms with Gasteiger partial charge in [0.05, 0.1) is 13.0 Å². The molecule has 0 aromatic carbocycles. The molecular weight excluding hydrogens is 402 g/mol. The molecular formula is C16H17N7O3S2. The summed E-state index contributed by atoms with van der Waals surface area (Å²) in [5.74, 6) is -0.0316. The van der Waals surface area contributed by atoms with E-state index in [0.29, 0.717) is 39.6 Å². The largest absolute Gasteiger partial charge is 0.479 e. The van der Waals surface area contributed by atoms with E-state index in [0.717, 1.165) is 12.8 Å². The Morgan fingerprint density at radius 3 is 2.93 bits per heavy atom. The van der Waals surface area contributed by atoms with Gasteiger partial charge in [-0.25, -0.2) is 19.7 Å². The molecule has 0 aliphatic carbocycles. The molecule has 0 unspecified atom stereocenters. The lowest BCUT2D eigenvalue weighted by Crippen LogP contribution is -2.45. The second kappa shape index (κ2) is 8.02. The van der Waals surface area contributed by atoms with Crippen molar-refractivity contribution in [3.63, 3.8) is 0 Å². The molecule has 1 atom stereocenters. The Labute approximate surface area is 168 Å². The van der Waals surface area contributed by atoms with Gasteiger partial charge in [-0.3, -0.25) is 10.1 Å². The van der Waals surface area contributed by atoms with Crippen molar-refractivity contribution in [1.82, 2.24) is 24.8 Å². The third-order valence-corrected chi connectivity index (χ3v) is 5.88. The Bertz CT molecular complexity index is 991. The summed E-state index contributed by atoms with van der Waals surface area (Å²) >= 11 is 2.61. The molecule has 28 heavy (non-hydrogen) atoms. The van der Waals surface area contributed by atoms with E-state index in [-0.39, 0.29) is 17.9 Å². The second-order valence-electron chi connectivity index (χ2n) is 6.10. The maximum absolute atomic E-state index is 12.7. The Kier molecular flexibility index (Phi) is 5.30. The number of piperidine rings is 1. The highest BCUT2D eigenvalue weighted by Gasteiger charge is 2.29. The summed E-state index contributed by atoms with van der Waals surface area (Å²) in [4.78, 5) is 43.9. The van der Waals surface area contributed by atoms with Crippen LogP contribution in [-0.2, 0) is 4.79 Å². The molecule has 146 valence electrons. The van der Waals surface area contributed by atoms with E-state index >= 15 is 0 Å². The maximum atomic E-state index is 12.7. The first-order valence-electron chi connectivity index (χ1n) is 8.56. The van der Waals surface area contributed by atoms with Gasteiger partial charge >= 0.3 is 6.03 Å². The number of likely N-dealkylation sites (tertiary alicyclic amines) is 1. The van der Waals surface area contributed by atoms with Crippen LogP contribution in [0.2, 0.25) is 0 Å². The zero-order valence-electron chi connectivity index (χ0n) is 14.9. The van der Waals surface area contributed by atoms with Crippen molar-refractivity contribution in [3.8, 4) is 5.88 Å². The standard InChI is InChI=1S/C16H17N7O3S2/c1-26-12-10-13(19-8-18-12)28-15(20-10)22-16(25)23-5-2-3-9(7-23)11(24)21-14-17-4-6-27-14/h4,6,8-9H,2-3,5,7H2,1H3,(H,17,21,24)(H,20,22,25)/t9-/m1/s1. The molecule has 0 bridgehead atoms. The number of thiazole rings is 2. The summed E-state index contributed by atoms with van der Waals surface area (Å²) in [6.07, 6.45) is 4.51. The third kappa shape index (κ3) is 3.87. The van der Waals surface area contributed by atoms with Gasteiger partial charge in [-0.05, 0) is 12.8 Å². The van der Waals surface area contributed by atoms with Crippen molar-refractivity contribution in [3.05, 3.63) is 17.9 Å². The molecule has 4 heterocycles. The SMILES string of the molecule is COc1ncnc2sc(NC(=O)N3CCC[C@@H](C(=O)Nc4nccs4)C3)nc12. The highest BCUT2D eigenvalue weighted by molar-refractivity contribution is 7.22. The summed E-state index contributed by atoms with van der Waals surface area (Å²) < 4.78 is 5.17. The summed E-state index contributed by atoms with van der Waals surface area (Å²) in [7, 11) is 1.50. The number of urea groups is 1. The number of rotatable bonds is 4. The van der Waals surface area contributed by atoms with Crippen LogP contribution in [0.25, 0.3) is 10.3 Å². The lowest BCUT2D eigenvalue weighted by Gasteiger charge is -2.31. The number of carbonyl (C=O) groups excluding carboxylic acids is 2. The van der Waals surface area contributed by atoms with Crippen LogP contribution in [-0.4, -0.2) is 57.0 Å². The predicted octanol–water partition coefficient (Wildman–Crippen LogP) is 2.43. The molecule has 3 aromatic rings. The van der Waals surface area contributed by atoms with Gasteiger partial charge in [-0.1, -0.05) is 11.3 Å². The normalized spacial score (nSPS) is 16.8. The van der Waals surface area contributed by atoms with Gasteiger partial charge in [0.15, 0.2) is 20.6 Å². The average Bonchev–Trinajstić information content (AvgIpc) is 3.36. The molecule has 0 saturated carbocycles. The van der Waals surface area contributed by atoms with Crippen molar-refractivity contribution in [1.29, 1.82) is 0 Å². The van der Waals surface area contributed by atoms with Crippen LogP contribution in [0.5, 0.6) is 5.88 Å². The van der Waals surface area contributed by atoms with Crippen molar-refractivity contribution >= 4 is 55.2 Å². The fourth-order valence-corrected chi connectivity index (χ4v) is 4.30. The summed E-state index contributed by atoms with van der Waals surface area (Å²) in [6.45, 7) is 0.929. The minimum absolute atomic E-state index is 0.118. The van der Waals surface area contributed by atoms with E-state index in [1.807, 2.05) is 0 Å². The van der Waals surface area contributed by atoms with Crippen LogP contribution >= 0.6 is 22.7 Å². The third-order valence-electron chi connectivity index (χ3n) is 4.31. The maximum Gasteiger partial charge on any atom is 0.323 e. The highest BCUT2D eigenvalue weighted by atomic mass is 32.1. The molecule has 1 saturated heterocycles. The molecule has 1 aliphatic rings. The molecule has 0 radical (unpaired) electrons. The number of ether oxygens (including phenoxy) is 1. The van der Waals surface area contributed by atoms with Gasteiger partial charge < -0.3 is 15.0 Å². The monoisotopic (exact) mass is 419 g/mol. The first kappa shape index (κ1) is 18.5. The summed E-state index contributed by atoms with van der Waals surface area (Å²) in [6, 6.07) is -0.294. The summed E-state index contributed by atoms with van der Waals surface area (Å²) in [5, 5.41) is 8.36. The Morgan fingerprint density at radius 1 is 1.25 bits per heavy atom. The second-order valence-corrected chi connectivity index (χ2v) is 7.97. The molecule has 0 spiro atoms. The number of hydrogen-bond donors (Lipinski definition) is 2. The predicted molar refractivity (Wildman–Crippen MR) is 106 cm³/mol. The number of carbonyl (C=O) groups is 2. The van der Waals surface area contributed by atoms with Gasteiger partial charge in [0.25, 0.3) is 0 Å². The number of amides is 3.